The Balaban J connectivity index is 3.66. The van der Waals surface area contributed by atoms with E-state index in [1.54, 1.807) is 0 Å². The van der Waals surface area contributed by atoms with Crippen molar-refractivity contribution in [1.82, 2.24) is 5.32 Å². The highest BCUT2D eigenvalue weighted by Gasteiger charge is 2.24. The lowest BCUT2D eigenvalue weighted by Gasteiger charge is -2.11. The largest absolute Gasteiger partial charge is 0.388 e. The molecule has 0 rings (SSSR count). The van der Waals surface area contributed by atoms with Gasteiger partial charge < -0.3 is 10.4 Å². The lowest BCUT2D eigenvalue weighted by atomic mass is 10.6. The molecule has 0 unspecified atom stereocenters. The summed E-state index contributed by atoms with van der Waals surface area (Å²) < 4.78 is 23.9. The number of hydrogen-bond acceptors (Lipinski definition) is 4. The third-order valence-electron chi connectivity index (χ3n) is 0.642. The molecule has 0 aliphatic heterocycles. The molecule has 0 aromatic heterocycles. The average Bonchev–Trinajstić information content (AvgIpc) is 1.89. The Bertz CT molecular complexity index is 136. The van der Waals surface area contributed by atoms with Gasteiger partial charge in [0.2, 0.25) is 0 Å². The molecule has 0 saturated carbocycles. The summed E-state index contributed by atoms with van der Waals surface area (Å²) in [4.78, 5) is 0. The summed E-state index contributed by atoms with van der Waals surface area (Å²) in [6, 6.07) is -3.33. The molecule has 10 heavy (non-hydrogen) atoms. The molecule has 0 fully saturated rings. The van der Waals surface area contributed by atoms with E-state index < -0.39 is 12.7 Å². The minimum Gasteiger partial charge on any atom is -0.388 e. The zero-order valence-electron chi connectivity index (χ0n) is 5.01. The van der Waals surface area contributed by atoms with Crippen molar-refractivity contribution < 1.29 is 13.9 Å². The van der Waals surface area contributed by atoms with E-state index in [-0.39, 0.29) is 0 Å². The number of hydrogen-bond donors (Lipinski definition) is 3. The molecule has 58 valence electrons. The van der Waals surface area contributed by atoms with Crippen LogP contribution >= 0.6 is 0 Å². The van der Waals surface area contributed by atoms with Crippen LogP contribution in [-0.4, -0.2) is 17.8 Å². The minimum atomic E-state index is -3.33. The fourth-order valence-electron chi connectivity index (χ4n) is 0.242. The number of nitrogens with zero attached hydrogens (tertiary/aromatic N) is 1. The van der Waals surface area contributed by atoms with Crippen LogP contribution in [0.1, 0.15) is 0 Å². The summed E-state index contributed by atoms with van der Waals surface area (Å²) in [5, 5.41) is 12.2. The first-order valence-electron chi connectivity index (χ1n) is 2.40. The second-order valence-corrected chi connectivity index (χ2v) is 1.45. The molecule has 0 atom stereocenters. The van der Waals surface area contributed by atoms with Crippen molar-refractivity contribution in [3.63, 3.8) is 0 Å². The van der Waals surface area contributed by atoms with E-state index in [0.29, 0.717) is 0 Å². The molecule has 0 radical (unpaired) electrons. The van der Waals surface area contributed by atoms with Gasteiger partial charge in [0.1, 0.15) is 6.61 Å². The molecule has 0 heterocycles. The molecule has 0 spiro atoms. The van der Waals surface area contributed by atoms with E-state index >= 15 is 0 Å². The second-order valence-electron chi connectivity index (χ2n) is 1.45. The summed E-state index contributed by atoms with van der Waals surface area (Å²) in [6.45, 7) is -1.28. The van der Waals surface area contributed by atoms with Crippen LogP contribution in [0.25, 0.3) is 0 Å². The monoisotopic (exact) mass is 151 g/mol. The summed E-state index contributed by atoms with van der Waals surface area (Å²) >= 11 is 0. The van der Waals surface area contributed by atoms with Crippen molar-refractivity contribution in [2.24, 2.45) is 5.11 Å². The van der Waals surface area contributed by atoms with Crippen LogP contribution < -0.4 is 5.32 Å². The highest BCUT2D eigenvalue weighted by atomic mass is 19.3. The van der Waals surface area contributed by atoms with Gasteiger partial charge in [-0.3, -0.25) is 0 Å². The maximum Gasteiger partial charge on any atom is 0.345 e. The normalized spacial score (nSPS) is 11.9. The van der Waals surface area contributed by atoms with E-state index in [1.807, 2.05) is 0 Å². The molecule has 0 amide bonds. The van der Waals surface area contributed by atoms with Crippen LogP contribution in [0, 0.1) is 5.53 Å². The molecule has 0 aromatic carbocycles. The van der Waals surface area contributed by atoms with Crippen LogP contribution in [0.4, 0.5) is 8.78 Å². The number of aliphatic hydroxyl groups excluding tert-OH is 1. The molecular formula is C4H7F2N3O. The Morgan fingerprint density at radius 1 is 1.70 bits per heavy atom. The SMILES string of the molecule is N=N/C=C\NC(F)(F)CO. The molecule has 4 nitrogen and oxygen atoms in total. The zero-order valence-corrected chi connectivity index (χ0v) is 5.01. The molecule has 0 bridgehead atoms. The lowest BCUT2D eigenvalue weighted by molar-refractivity contribution is -0.0678. The van der Waals surface area contributed by atoms with Crippen molar-refractivity contribution in [2.75, 3.05) is 6.61 Å². The first-order valence-corrected chi connectivity index (χ1v) is 2.40. The van der Waals surface area contributed by atoms with Crippen molar-refractivity contribution in [2.45, 2.75) is 6.05 Å². The molecule has 6 heteroatoms. The van der Waals surface area contributed by atoms with Crippen molar-refractivity contribution in [1.29, 1.82) is 5.53 Å². The highest BCUT2D eigenvalue weighted by Crippen LogP contribution is 2.05. The molecule has 3 N–H and O–H groups in total. The zero-order chi connectivity index (χ0) is 8.04. The molecule has 0 aliphatic rings. The van der Waals surface area contributed by atoms with Crippen LogP contribution in [0.3, 0.4) is 0 Å². The summed E-state index contributed by atoms with van der Waals surface area (Å²) in [5.41, 5.74) is 6.16. The fraction of sp³-hybridized carbons (Fsp3) is 0.500. The quantitative estimate of drug-likeness (QED) is 0.408. The number of rotatable bonds is 4. The predicted molar refractivity (Wildman–Crippen MR) is 29.5 cm³/mol. The third kappa shape index (κ3) is 3.90. The number of halogens is 2. The van der Waals surface area contributed by atoms with Gasteiger partial charge in [-0.2, -0.15) is 13.9 Å². The van der Waals surface area contributed by atoms with Crippen molar-refractivity contribution >= 4 is 0 Å². The van der Waals surface area contributed by atoms with Crippen LogP contribution in [0.2, 0.25) is 0 Å². The maximum absolute atomic E-state index is 12.0. The Morgan fingerprint density at radius 2 is 2.30 bits per heavy atom. The van der Waals surface area contributed by atoms with Gasteiger partial charge >= 0.3 is 6.05 Å². The van der Waals surface area contributed by atoms with E-state index in [0.717, 1.165) is 12.4 Å². The van der Waals surface area contributed by atoms with Crippen LogP contribution in [-0.2, 0) is 0 Å². The Hall–Kier alpha value is -1.04. The first kappa shape index (κ1) is 8.96. The maximum atomic E-state index is 12.0. The van der Waals surface area contributed by atoms with Gasteiger partial charge in [0.25, 0.3) is 0 Å². The van der Waals surface area contributed by atoms with E-state index in [4.69, 9.17) is 10.6 Å². The summed E-state index contributed by atoms with van der Waals surface area (Å²) in [5.74, 6) is 0. The smallest absolute Gasteiger partial charge is 0.345 e. The molecule has 0 aliphatic carbocycles. The number of nitrogens with one attached hydrogen (secondary N) is 2. The topological polar surface area (TPSA) is 68.5 Å². The molecule has 0 saturated heterocycles. The molecule has 0 aromatic rings. The van der Waals surface area contributed by atoms with Crippen LogP contribution in [0.5, 0.6) is 0 Å². The predicted octanol–water partition coefficient (Wildman–Crippen LogP) is 0.663. The van der Waals surface area contributed by atoms with E-state index in [2.05, 4.69) is 5.11 Å². The first-order chi connectivity index (χ1) is 4.62. The Morgan fingerprint density at radius 3 is 2.70 bits per heavy atom. The third-order valence-corrected chi connectivity index (χ3v) is 0.642. The van der Waals surface area contributed by atoms with Crippen molar-refractivity contribution in [3.05, 3.63) is 12.4 Å². The van der Waals surface area contributed by atoms with Gasteiger partial charge in [-0.1, -0.05) is 0 Å². The second kappa shape index (κ2) is 3.89. The fourth-order valence-corrected chi connectivity index (χ4v) is 0.242. The van der Waals surface area contributed by atoms with Gasteiger partial charge in [-0.05, 0) is 0 Å². The average molecular weight is 151 g/mol. The van der Waals surface area contributed by atoms with Crippen LogP contribution in [0.15, 0.2) is 17.5 Å². The molecular weight excluding hydrogens is 144 g/mol. The van der Waals surface area contributed by atoms with Gasteiger partial charge in [-0.15, -0.1) is 0 Å². The van der Waals surface area contributed by atoms with Gasteiger partial charge in [0.05, 0.1) is 6.20 Å². The summed E-state index contributed by atoms with van der Waals surface area (Å²) in [6.07, 6.45) is 1.62. The Kier molecular flexibility index (Phi) is 3.48. The lowest BCUT2D eigenvalue weighted by Crippen LogP contribution is -2.35. The summed E-state index contributed by atoms with van der Waals surface area (Å²) in [7, 11) is 0. The van der Waals surface area contributed by atoms with E-state index in [9.17, 15) is 8.78 Å². The minimum absolute atomic E-state index is 0.781. The van der Waals surface area contributed by atoms with E-state index in [1.165, 1.54) is 5.32 Å². The van der Waals surface area contributed by atoms with Gasteiger partial charge in [0.15, 0.2) is 0 Å². The van der Waals surface area contributed by atoms with Crippen molar-refractivity contribution in [3.8, 4) is 0 Å². The standard InChI is InChI=1S/C4H7F2N3O/c5-4(6,3-10)8-1-2-9-7/h1-2,7-8,10H,3H2/b2-1-,9-7?. The Labute approximate surface area is 56.1 Å². The number of alkyl halides is 2. The number of aliphatic hydroxyl groups is 1. The van der Waals surface area contributed by atoms with Gasteiger partial charge in [-0.25, -0.2) is 5.53 Å². The van der Waals surface area contributed by atoms with Gasteiger partial charge in [0, 0.05) is 6.20 Å². The highest BCUT2D eigenvalue weighted by molar-refractivity contribution is 4.78.